The predicted molar refractivity (Wildman–Crippen MR) is 56.8 cm³/mol. The van der Waals surface area contributed by atoms with Crippen LogP contribution in [0, 0.1) is 0 Å². The van der Waals surface area contributed by atoms with Crippen LogP contribution in [0.25, 0.3) is 0 Å². The van der Waals surface area contributed by atoms with Crippen molar-refractivity contribution in [1.29, 1.82) is 0 Å². The Labute approximate surface area is 93.2 Å². The third-order valence-electron chi connectivity index (χ3n) is 1.81. The highest BCUT2D eigenvalue weighted by Gasteiger charge is 2.03. The van der Waals surface area contributed by atoms with E-state index in [0.29, 0.717) is 19.0 Å². The minimum absolute atomic E-state index is 0.0193. The molecule has 0 aromatic heterocycles. The number of rotatable bonds is 7. The van der Waals surface area contributed by atoms with E-state index in [1.54, 1.807) is 12.1 Å². The number of carboxylic acid groups (broad SMARTS) is 1. The van der Waals surface area contributed by atoms with Crippen molar-refractivity contribution in [3.8, 4) is 5.75 Å². The molecule has 0 bridgehead atoms. The second-order valence-electron chi connectivity index (χ2n) is 3.02. The van der Waals surface area contributed by atoms with E-state index < -0.39 is 5.97 Å². The van der Waals surface area contributed by atoms with E-state index >= 15 is 0 Å². The first-order valence-corrected chi connectivity index (χ1v) is 4.89. The summed E-state index contributed by atoms with van der Waals surface area (Å²) in [6, 6.07) is 6.25. The monoisotopic (exact) mass is 226 g/mol. The third kappa shape index (κ3) is 4.29. The summed E-state index contributed by atoms with van der Waals surface area (Å²) in [6.45, 7) is 0.938. The summed E-state index contributed by atoms with van der Waals surface area (Å²) in [5.74, 6) is -0.491. The standard InChI is InChI=1S/C11H14O5/c12-4-5-15-6-7-16-10-3-1-2-9(8-10)11(13)14/h1-3,8,12H,4-7H2,(H,13,14). The van der Waals surface area contributed by atoms with Crippen LogP contribution in [0.5, 0.6) is 5.75 Å². The summed E-state index contributed by atoms with van der Waals surface area (Å²) in [5.41, 5.74) is 0.189. The first-order chi connectivity index (χ1) is 7.74. The zero-order chi connectivity index (χ0) is 11.8. The van der Waals surface area contributed by atoms with Gasteiger partial charge in [-0.25, -0.2) is 4.79 Å². The van der Waals surface area contributed by atoms with Crippen molar-refractivity contribution in [2.45, 2.75) is 0 Å². The molecule has 1 aromatic rings. The molecule has 0 saturated heterocycles. The number of aliphatic hydroxyl groups excluding tert-OH is 1. The quantitative estimate of drug-likeness (QED) is 0.672. The molecule has 0 fully saturated rings. The molecule has 1 rings (SSSR count). The van der Waals surface area contributed by atoms with E-state index in [-0.39, 0.29) is 18.8 Å². The Kier molecular flexibility index (Phi) is 5.31. The number of carbonyl (C=O) groups is 1. The van der Waals surface area contributed by atoms with Gasteiger partial charge in [-0.15, -0.1) is 0 Å². The van der Waals surface area contributed by atoms with E-state index in [9.17, 15) is 4.79 Å². The molecule has 0 radical (unpaired) electrons. The Morgan fingerprint density at radius 1 is 1.25 bits per heavy atom. The lowest BCUT2D eigenvalue weighted by Gasteiger charge is -2.06. The van der Waals surface area contributed by atoms with Crippen LogP contribution < -0.4 is 4.74 Å². The van der Waals surface area contributed by atoms with Crippen LogP contribution in [0.1, 0.15) is 10.4 Å². The van der Waals surface area contributed by atoms with Gasteiger partial charge >= 0.3 is 5.97 Å². The van der Waals surface area contributed by atoms with Crippen LogP contribution in [0.3, 0.4) is 0 Å². The molecular weight excluding hydrogens is 212 g/mol. The summed E-state index contributed by atoms with van der Waals surface area (Å²) in [7, 11) is 0. The first kappa shape index (κ1) is 12.5. The van der Waals surface area contributed by atoms with Gasteiger partial charge in [0.1, 0.15) is 12.4 Å². The molecule has 0 heterocycles. The Hall–Kier alpha value is -1.59. The van der Waals surface area contributed by atoms with Gasteiger partial charge in [-0.3, -0.25) is 0 Å². The van der Waals surface area contributed by atoms with E-state index in [1.807, 2.05) is 0 Å². The van der Waals surface area contributed by atoms with Gasteiger partial charge in [0, 0.05) is 0 Å². The van der Waals surface area contributed by atoms with Gasteiger partial charge in [0.2, 0.25) is 0 Å². The van der Waals surface area contributed by atoms with Crippen molar-refractivity contribution in [2.24, 2.45) is 0 Å². The lowest BCUT2D eigenvalue weighted by molar-refractivity contribution is 0.0687. The third-order valence-corrected chi connectivity index (χ3v) is 1.81. The van der Waals surface area contributed by atoms with Gasteiger partial charge in [0.05, 0.1) is 25.4 Å². The smallest absolute Gasteiger partial charge is 0.335 e. The number of aromatic carboxylic acids is 1. The molecule has 16 heavy (non-hydrogen) atoms. The van der Waals surface area contributed by atoms with Crippen LogP contribution in [-0.4, -0.2) is 42.6 Å². The molecule has 0 atom stereocenters. The Morgan fingerprint density at radius 2 is 2.06 bits per heavy atom. The van der Waals surface area contributed by atoms with Crippen molar-refractivity contribution in [1.82, 2.24) is 0 Å². The number of carboxylic acids is 1. The predicted octanol–water partition coefficient (Wildman–Crippen LogP) is 0.772. The maximum absolute atomic E-state index is 10.7. The SMILES string of the molecule is O=C(O)c1cccc(OCCOCCO)c1. The minimum atomic E-state index is -0.984. The second-order valence-corrected chi connectivity index (χ2v) is 3.02. The normalized spacial score (nSPS) is 10.1. The number of ether oxygens (including phenoxy) is 2. The molecule has 0 spiro atoms. The average Bonchev–Trinajstić information content (AvgIpc) is 2.29. The summed E-state index contributed by atoms with van der Waals surface area (Å²) in [5, 5.41) is 17.2. The van der Waals surface area contributed by atoms with E-state index in [0.717, 1.165) is 0 Å². The molecule has 1 aromatic carbocycles. The van der Waals surface area contributed by atoms with Crippen LogP contribution in [0.4, 0.5) is 0 Å². The molecule has 0 unspecified atom stereocenters. The first-order valence-electron chi connectivity index (χ1n) is 4.89. The summed E-state index contributed by atoms with van der Waals surface area (Å²) in [6.07, 6.45) is 0. The van der Waals surface area contributed by atoms with Crippen LogP contribution in [0.2, 0.25) is 0 Å². The minimum Gasteiger partial charge on any atom is -0.491 e. The molecule has 0 aliphatic heterocycles. The van der Waals surface area contributed by atoms with Gasteiger partial charge < -0.3 is 19.7 Å². The Balaban J connectivity index is 2.36. The van der Waals surface area contributed by atoms with Crippen molar-refractivity contribution >= 4 is 5.97 Å². The lowest BCUT2D eigenvalue weighted by atomic mass is 10.2. The lowest BCUT2D eigenvalue weighted by Crippen LogP contribution is -2.09. The topological polar surface area (TPSA) is 76.0 Å². The Morgan fingerprint density at radius 3 is 2.75 bits per heavy atom. The molecule has 0 aliphatic rings. The van der Waals surface area contributed by atoms with Gasteiger partial charge in [0.15, 0.2) is 0 Å². The number of benzene rings is 1. The summed E-state index contributed by atoms with van der Waals surface area (Å²) < 4.78 is 10.3. The highest BCUT2D eigenvalue weighted by molar-refractivity contribution is 5.87. The molecular formula is C11H14O5. The molecule has 0 aliphatic carbocycles. The fraction of sp³-hybridized carbons (Fsp3) is 0.364. The maximum Gasteiger partial charge on any atom is 0.335 e. The van der Waals surface area contributed by atoms with Gasteiger partial charge in [-0.1, -0.05) is 6.07 Å². The van der Waals surface area contributed by atoms with Gasteiger partial charge in [-0.2, -0.15) is 0 Å². The fourth-order valence-corrected chi connectivity index (χ4v) is 1.10. The van der Waals surface area contributed by atoms with E-state index in [1.165, 1.54) is 12.1 Å². The maximum atomic E-state index is 10.7. The van der Waals surface area contributed by atoms with E-state index in [4.69, 9.17) is 19.7 Å². The van der Waals surface area contributed by atoms with Crippen molar-refractivity contribution in [2.75, 3.05) is 26.4 Å². The van der Waals surface area contributed by atoms with Crippen molar-refractivity contribution in [3.63, 3.8) is 0 Å². The van der Waals surface area contributed by atoms with Gasteiger partial charge in [-0.05, 0) is 18.2 Å². The zero-order valence-electron chi connectivity index (χ0n) is 8.76. The largest absolute Gasteiger partial charge is 0.491 e. The van der Waals surface area contributed by atoms with E-state index in [2.05, 4.69) is 0 Å². The van der Waals surface area contributed by atoms with Crippen LogP contribution in [0.15, 0.2) is 24.3 Å². The zero-order valence-corrected chi connectivity index (χ0v) is 8.76. The fourth-order valence-electron chi connectivity index (χ4n) is 1.10. The average molecular weight is 226 g/mol. The molecule has 5 nitrogen and oxygen atoms in total. The highest BCUT2D eigenvalue weighted by Crippen LogP contribution is 2.12. The molecule has 0 amide bonds. The van der Waals surface area contributed by atoms with Crippen LogP contribution >= 0.6 is 0 Å². The van der Waals surface area contributed by atoms with Crippen LogP contribution in [-0.2, 0) is 4.74 Å². The van der Waals surface area contributed by atoms with Gasteiger partial charge in [0.25, 0.3) is 0 Å². The Bertz CT molecular complexity index is 337. The van der Waals surface area contributed by atoms with Crippen molar-refractivity contribution in [3.05, 3.63) is 29.8 Å². The molecule has 2 N–H and O–H groups in total. The van der Waals surface area contributed by atoms with Crippen molar-refractivity contribution < 1.29 is 24.5 Å². The molecule has 0 saturated carbocycles. The second kappa shape index (κ2) is 6.81. The number of hydrogen-bond acceptors (Lipinski definition) is 4. The highest BCUT2D eigenvalue weighted by atomic mass is 16.5. The number of hydrogen-bond donors (Lipinski definition) is 2. The summed E-state index contributed by atoms with van der Waals surface area (Å²) >= 11 is 0. The molecule has 88 valence electrons. The summed E-state index contributed by atoms with van der Waals surface area (Å²) in [4.78, 5) is 10.7. The molecule has 5 heteroatoms. The number of aliphatic hydroxyl groups is 1.